The van der Waals surface area contributed by atoms with Gasteiger partial charge >= 0.3 is 6.03 Å². The summed E-state index contributed by atoms with van der Waals surface area (Å²) in [4.78, 5) is 16.2. The van der Waals surface area contributed by atoms with Crippen LogP contribution in [0.2, 0.25) is 0 Å². The van der Waals surface area contributed by atoms with Gasteiger partial charge in [0.25, 0.3) is 0 Å². The van der Waals surface area contributed by atoms with Gasteiger partial charge in [0.2, 0.25) is 0 Å². The zero-order valence-electron chi connectivity index (χ0n) is 23.0. The molecular formula is C33H33N5O2. The molecule has 202 valence electrons. The van der Waals surface area contributed by atoms with Gasteiger partial charge in [0, 0.05) is 17.4 Å². The van der Waals surface area contributed by atoms with E-state index in [2.05, 4.69) is 53.3 Å². The van der Waals surface area contributed by atoms with Gasteiger partial charge in [-0.2, -0.15) is 5.10 Å². The van der Waals surface area contributed by atoms with E-state index in [1.54, 1.807) is 0 Å². The highest BCUT2D eigenvalue weighted by Gasteiger charge is 2.36. The quantitative estimate of drug-likeness (QED) is 0.255. The Bertz CT molecular complexity index is 1650. The fourth-order valence-corrected chi connectivity index (χ4v) is 5.58. The molecule has 0 bridgehead atoms. The Labute approximate surface area is 234 Å². The Morgan fingerprint density at radius 1 is 0.975 bits per heavy atom. The van der Waals surface area contributed by atoms with E-state index in [0.717, 1.165) is 57.4 Å². The summed E-state index contributed by atoms with van der Waals surface area (Å²) in [5, 5.41) is 8.17. The second-order valence-corrected chi connectivity index (χ2v) is 9.91. The van der Waals surface area contributed by atoms with Crippen LogP contribution in [0.5, 0.6) is 5.75 Å². The van der Waals surface area contributed by atoms with E-state index in [4.69, 9.17) is 9.84 Å². The Morgan fingerprint density at radius 3 is 2.58 bits per heavy atom. The van der Waals surface area contributed by atoms with E-state index in [1.165, 1.54) is 0 Å². The molecule has 1 atom stereocenters. The molecule has 40 heavy (non-hydrogen) atoms. The van der Waals surface area contributed by atoms with Gasteiger partial charge in [0.1, 0.15) is 11.6 Å². The number of carbonyl (C=O) groups excluding carboxylic acids is 1. The summed E-state index contributed by atoms with van der Waals surface area (Å²) in [7, 11) is 0. The third-order valence-electron chi connectivity index (χ3n) is 7.47. The second-order valence-electron chi connectivity index (χ2n) is 9.91. The lowest BCUT2D eigenvalue weighted by Crippen LogP contribution is -2.38. The normalized spacial score (nSPS) is 14.3. The monoisotopic (exact) mass is 531 g/mol. The van der Waals surface area contributed by atoms with Crippen LogP contribution in [0.4, 0.5) is 10.5 Å². The van der Waals surface area contributed by atoms with Gasteiger partial charge in [0.05, 0.1) is 36.3 Å². The molecule has 7 nitrogen and oxygen atoms in total. The molecule has 0 aliphatic carbocycles. The Hall–Kier alpha value is -4.78. The number of anilines is 1. The SMILES string of the molecule is CCOc1cccc([C@@H]2c3cccn3-c3c(c(C)nn3-c3ccccc3)CN2C(=O)Nc2ccccc2CC)c1. The molecule has 2 aromatic heterocycles. The maximum Gasteiger partial charge on any atom is 0.322 e. The molecule has 0 fully saturated rings. The van der Waals surface area contributed by atoms with Gasteiger partial charge < -0.3 is 19.5 Å². The number of carbonyl (C=O) groups is 1. The first-order chi connectivity index (χ1) is 19.6. The predicted molar refractivity (Wildman–Crippen MR) is 157 cm³/mol. The number of hydrogen-bond donors (Lipinski definition) is 1. The standard InChI is InChI=1S/C33H33N5O2/c1-4-24-13-9-10-18-29(24)34-33(39)37-22-28-23(3)35-38(26-15-7-6-8-16-26)32(28)36-20-12-19-30(36)31(37)25-14-11-17-27(21-25)40-5-2/h6-21,31H,4-5,22H2,1-3H3,(H,34,39)/t31-/m1/s1. The maximum atomic E-state index is 14.3. The largest absolute Gasteiger partial charge is 0.494 e. The molecule has 5 aromatic rings. The first-order valence-corrected chi connectivity index (χ1v) is 13.8. The second kappa shape index (κ2) is 10.8. The van der Waals surface area contributed by atoms with Crippen LogP contribution in [-0.4, -0.2) is 31.9 Å². The number of fused-ring (bicyclic) bond motifs is 3. The summed E-state index contributed by atoms with van der Waals surface area (Å²) in [6.07, 6.45) is 2.88. The number of aromatic nitrogens is 3. The third kappa shape index (κ3) is 4.53. The van der Waals surface area contributed by atoms with E-state index < -0.39 is 0 Å². The average Bonchev–Trinajstić information content (AvgIpc) is 3.54. The van der Waals surface area contributed by atoms with Crippen LogP contribution in [-0.2, 0) is 13.0 Å². The Kier molecular flexibility index (Phi) is 6.86. The molecule has 1 N–H and O–H groups in total. The van der Waals surface area contributed by atoms with Gasteiger partial charge in [-0.1, -0.05) is 55.5 Å². The first kappa shape index (κ1) is 25.5. The number of para-hydroxylation sites is 2. The van der Waals surface area contributed by atoms with Crippen LogP contribution in [0.25, 0.3) is 11.5 Å². The van der Waals surface area contributed by atoms with Crippen molar-refractivity contribution in [2.45, 2.75) is 39.8 Å². The molecule has 3 aromatic carbocycles. The molecule has 1 aliphatic rings. The van der Waals surface area contributed by atoms with E-state index in [9.17, 15) is 4.79 Å². The van der Waals surface area contributed by atoms with Crippen molar-refractivity contribution >= 4 is 11.7 Å². The van der Waals surface area contributed by atoms with Crippen molar-refractivity contribution in [3.63, 3.8) is 0 Å². The number of amides is 2. The molecule has 0 unspecified atom stereocenters. The van der Waals surface area contributed by atoms with E-state index >= 15 is 0 Å². The average molecular weight is 532 g/mol. The summed E-state index contributed by atoms with van der Waals surface area (Å²) in [6.45, 7) is 7.04. The molecule has 3 heterocycles. The highest BCUT2D eigenvalue weighted by Crippen LogP contribution is 2.39. The van der Waals surface area contributed by atoms with E-state index in [0.29, 0.717) is 13.2 Å². The van der Waals surface area contributed by atoms with Gasteiger partial charge in [-0.3, -0.25) is 0 Å². The highest BCUT2D eigenvalue weighted by molar-refractivity contribution is 5.91. The molecule has 7 heteroatoms. The van der Waals surface area contributed by atoms with Crippen molar-refractivity contribution in [2.24, 2.45) is 0 Å². The predicted octanol–water partition coefficient (Wildman–Crippen LogP) is 7.07. The summed E-state index contributed by atoms with van der Waals surface area (Å²) in [5.74, 6) is 1.72. The number of urea groups is 1. The lowest BCUT2D eigenvalue weighted by atomic mass is 10.0. The molecule has 1 aliphatic heterocycles. The zero-order chi connectivity index (χ0) is 27.6. The number of nitrogens with zero attached hydrogens (tertiary/aromatic N) is 4. The number of ether oxygens (including phenoxy) is 1. The third-order valence-corrected chi connectivity index (χ3v) is 7.47. The Morgan fingerprint density at radius 2 is 1.77 bits per heavy atom. The van der Waals surface area contributed by atoms with Crippen molar-refractivity contribution in [2.75, 3.05) is 11.9 Å². The van der Waals surface area contributed by atoms with Gasteiger partial charge in [-0.15, -0.1) is 0 Å². The van der Waals surface area contributed by atoms with Crippen LogP contribution >= 0.6 is 0 Å². The molecule has 0 saturated heterocycles. The van der Waals surface area contributed by atoms with Crippen molar-refractivity contribution in [1.29, 1.82) is 0 Å². The summed E-state index contributed by atoms with van der Waals surface area (Å²) in [6, 6.07) is 29.8. The molecule has 0 spiro atoms. The van der Waals surface area contributed by atoms with E-state index in [-0.39, 0.29) is 12.1 Å². The van der Waals surface area contributed by atoms with Crippen molar-refractivity contribution < 1.29 is 9.53 Å². The molecule has 6 rings (SSSR count). The van der Waals surface area contributed by atoms with Crippen LogP contribution in [0, 0.1) is 6.92 Å². The van der Waals surface area contributed by atoms with Crippen molar-refractivity contribution in [3.8, 4) is 17.3 Å². The minimum Gasteiger partial charge on any atom is -0.494 e. The molecular weight excluding hydrogens is 498 g/mol. The zero-order valence-corrected chi connectivity index (χ0v) is 23.0. The van der Waals surface area contributed by atoms with Gasteiger partial charge in [-0.25, -0.2) is 9.48 Å². The molecule has 2 amide bonds. The van der Waals surface area contributed by atoms with Crippen LogP contribution < -0.4 is 10.1 Å². The Balaban J connectivity index is 1.53. The minimum absolute atomic E-state index is 0.167. The van der Waals surface area contributed by atoms with Gasteiger partial charge in [-0.05, 0) is 73.9 Å². The number of rotatable bonds is 6. The lowest BCUT2D eigenvalue weighted by molar-refractivity contribution is 0.194. The molecule has 0 saturated carbocycles. The smallest absolute Gasteiger partial charge is 0.322 e. The lowest BCUT2D eigenvalue weighted by Gasteiger charge is -2.31. The number of benzene rings is 3. The number of aryl methyl sites for hydroxylation is 2. The summed E-state index contributed by atoms with van der Waals surface area (Å²) < 4.78 is 10.0. The van der Waals surface area contributed by atoms with Crippen LogP contribution in [0.3, 0.4) is 0 Å². The van der Waals surface area contributed by atoms with Crippen molar-refractivity contribution in [1.82, 2.24) is 19.2 Å². The highest BCUT2D eigenvalue weighted by atomic mass is 16.5. The first-order valence-electron chi connectivity index (χ1n) is 13.8. The summed E-state index contributed by atoms with van der Waals surface area (Å²) in [5.41, 5.74) is 6.73. The topological polar surface area (TPSA) is 64.3 Å². The maximum absolute atomic E-state index is 14.3. The fraction of sp³-hybridized carbons (Fsp3) is 0.212. The summed E-state index contributed by atoms with van der Waals surface area (Å²) >= 11 is 0. The molecule has 0 radical (unpaired) electrons. The van der Waals surface area contributed by atoms with Crippen LogP contribution in [0.15, 0.2) is 97.2 Å². The fourth-order valence-electron chi connectivity index (χ4n) is 5.58. The number of hydrogen-bond acceptors (Lipinski definition) is 3. The van der Waals surface area contributed by atoms with Crippen molar-refractivity contribution in [3.05, 3.63) is 125 Å². The van der Waals surface area contributed by atoms with Crippen LogP contribution in [0.1, 0.15) is 48.0 Å². The minimum atomic E-state index is -0.361. The van der Waals surface area contributed by atoms with E-state index in [1.807, 2.05) is 84.1 Å². The van der Waals surface area contributed by atoms with Gasteiger partial charge in [0.15, 0.2) is 0 Å². The number of nitrogens with one attached hydrogen (secondary N) is 1.